The van der Waals surface area contributed by atoms with Gasteiger partial charge in [-0.05, 0) is 61.4 Å². The molecular weight excluding hydrogens is 512 g/mol. The number of fused-ring (bicyclic) bond motifs is 2. The number of nitrogens with zero attached hydrogens (tertiary/aromatic N) is 3. The number of amides is 5. The Kier molecular flexibility index (Phi) is 7.19. The van der Waals surface area contributed by atoms with Crippen molar-refractivity contribution in [2.24, 2.45) is 0 Å². The summed E-state index contributed by atoms with van der Waals surface area (Å²) in [5.74, 6) is -0.627. The fourth-order valence-electron chi connectivity index (χ4n) is 6.03. The van der Waals surface area contributed by atoms with Crippen LogP contribution in [0.3, 0.4) is 0 Å². The standard InChI is InChI=1S/C29H34N6O5/c36-26(33-12-4-1-5-13-33)24(16-19-8-9-23-25(17-19)40-29(39)32-23)31-27(37)34-14-10-21(11-15-34)35-18-20-6-2-3-7-22(20)30-28(35)38/h2-3,6-9,17,21,24H,1,4-5,10-16,18H2,(H,30,38)(H,31,37)(H,32,39). The van der Waals surface area contributed by atoms with Crippen LogP contribution in [0.1, 0.15) is 43.2 Å². The third-order valence-corrected chi connectivity index (χ3v) is 8.24. The number of piperidine rings is 2. The Morgan fingerprint density at radius 3 is 2.55 bits per heavy atom. The van der Waals surface area contributed by atoms with E-state index in [1.54, 1.807) is 17.0 Å². The van der Waals surface area contributed by atoms with Crippen LogP contribution in [0.5, 0.6) is 0 Å². The Morgan fingerprint density at radius 1 is 0.975 bits per heavy atom. The van der Waals surface area contributed by atoms with E-state index in [9.17, 15) is 19.2 Å². The highest BCUT2D eigenvalue weighted by Crippen LogP contribution is 2.27. The molecular formula is C29H34N6O5. The molecule has 3 aromatic rings. The van der Waals surface area contributed by atoms with E-state index in [0.717, 1.165) is 36.1 Å². The number of hydrogen-bond acceptors (Lipinski definition) is 5. The summed E-state index contributed by atoms with van der Waals surface area (Å²) in [4.78, 5) is 59.3. The van der Waals surface area contributed by atoms with Crippen LogP contribution >= 0.6 is 0 Å². The zero-order valence-corrected chi connectivity index (χ0v) is 22.4. The molecule has 2 saturated heterocycles. The van der Waals surface area contributed by atoms with Crippen LogP contribution < -0.4 is 16.4 Å². The van der Waals surface area contributed by atoms with Gasteiger partial charge >= 0.3 is 17.8 Å². The van der Waals surface area contributed by atoms with Gasteiger partial charge in [0.15, 0.2) is 5.58 Å². The van der Waals surface area contributed by atoms with E-state index < -0.39 is 11.8 Å². The van der Waals surface area contributed by atoms with Crippen molar-refractivity contribution in [3.63, 3.8) is 0 Å². The predicted molar refractivity (Wildman–Crippen MR) is 149 cm³/mol. The minimum Gasteiger partial charge on any atom is -0.408 e. The topological polar surface area (TPSA) is 131 Å². The molecule has 40 heavy (non-hydrogen) atoms. The van der Waals surface area contributed by atoms with Gasteiger partial charge in [-0.3, -0.25) is 9.78 Å². The van der Waals surface area contributed by atoms with E-state index in [2.05, 4.69) is 15.6 Å². The smallest absolute Gasteiger partial charge is 0.408 e. The van der Waals surface area contributed by atoms with Crippen LogP contribution in [0, 0.1) is 0 Å². The van der Waals surface area contributed by atoms with Gasteiger partial charge in [-0.15, -0.1) is 0 Å². The number of aromatic amines is 1. The van der Waals surface area contributed by atoms with Crippen molar-refractivity contribution in [2.75, 3.05) is 31.5 Å². The predicted octanol–water partition coefficient (Wildman–Crippen LogP) is 3.27. The quantitative estimate of drug-likeness (QED) is 0.452. The molecule has 11 nitrogen and oxygen atoms in total. The van der Waals surface area contributed by atoms with Gasteiger partial charge < -0.3 is 29.8 Å². The average molecular weight is 547 g/mol. The van der Waals surface area contributed by atoms with Crippen molar-refractivity contribution in [3.8, 4) is 0 Å². The molecule has 0 bridgehead atoms. The Balaban J connectivity index is 1.11. The molecule has 5 amide bonds. The lowest BCUT2D eigenvalue weighted by molar-refractivity contribution is -0.134. The molecule has 3 aliphatic rings. The van der Waals surface area contributed by atoms with E-state index in [1.165, 1.54) is 0 Å². The summed E-state index contributed by atoms with van der Waals surface area (Å²) < 4.78 is 5.20. The van der Waals surface area contributed by atoms with E-state index in [-0.39, 0.29) is 30.4 Å². The van der Waals surface area contributed by atoms with Crippen molar-refractivity contribution >= 4 is 34.8 Å². The fourth-order valence-corrected chi connectivity index (χ4v) is 6.03. The lowest BCUT2D eigenvalue weighted by Gasteiger charge is -2.41. The molecule has 0 radical (unpaired) electrons. The summed E-state index contributed by atoms with van der Waals surface area (Å²) in [7, 11) is 0. The largest absolute Gasteiger partial charge is 0.417 e. The van der Waals surface area contributed by atoms with Gasteiger partial charge in [-0.2, -0.15) is 0 Å². The number of carbonyl (C=O) groups excluding carboxylic acids is 3. The summed E-state index contributed by atoms with van der Waals surface area (Å²) >= 11 is 0. The molecule has 11 heteroatoms. The summed E-state index contributed by atoms with van der Waals surface area (Å²) in [6, 6.07) is 12.0. The van der Waals surface area contributed by atoms with Crippen LogP contribution in [0.2, 0.25) is 0 Å². The minimum absolute atomic E-state index is 0.0333. The summed E-state index contributed by atoms with van der Waals surface area (Å²) in [5.41, 5.74) is 3.73. The third kappa shape index (κ3) is 5.41. The lowest BCUT2D eigenvalue weighted by atomic mass is 10.0. The van der Waals surface area contributed by atoms with E-state index in [1.807, 2.05) is 40.1 Å². The third-order valence-electron chi connectivity index (χ3n) is 8.24. The Morgan fingerprint density at radius 2 is 1.75 bits per heavy atom. The van der Waals surface area contributed by atoms with E-state index in [4.69, 9.17) is 4.42 Å². The first-order valence-corrected chi connectivity index (χ1v) is 14.1. The maximum Gasteiger partial charge on any atom is 0.417 e. The van der Waals surface area contributed by atoms with Crippen LogP contribution in [0.15, 0.2) is 51.7 Å². The molecule has 1 atom stereocenters. The lowest BCUT2D eigenvalue weighted by Crippen LogP contribution is -2.56. The number of hydrogen-bond donors (Lipinski definition) is 3. The highest BCUT2D eigenvalue weighted by Gasteiger charge is 2.34. The molecule has 2 aromatic carbocycles. The van der Waals surface area contributed by atoms with Gasteiger partial charge in [-0.1, -0.05) is 24.3 Å². The van der Waals surface area contributed by atoms with Crippen LogP contribution in [0.4, 0.5) is 15.3 Å². The minimum atomic E-state index is -0.740. The highest BCUT2D eigenvalue weighted by atomic mass is 16.4. The maximum absolute atomic E-state index is 13.5. The molecule has 0 saturated carbocycles. The Bertz CT molecular complexity index is 1470. The molecule has 3 N–H and O–H groups in total. The zero-order chi connectivity index (χ0) is 27.6. The second-order valence-electron chi connectivity index (χ2n) is 10.9. The second-order valence-corrected chi connectivity index (χ2v) is 10.9. The van der Waals surface area contributed by atoms with Gasteiger partial charge in [0.25, 0.3) is 0 Å². The maximum atomic E-state index is 13.5. The molecule has 0 aliphatic carbocycles. The van der Waals surface area contributed by atoms with Gasteiger partial charge in [0, 0.05) is 50.9 Å². The van der Waals surface area contributed by atoms with Crippen molar-refractivity contribution in [1.82, 2.24) is 25.0 Å². The van der Waals surface area contributed by atoms with Gasteiger partial charge in [0.05, 0.1) is 5.52 Å². The van der Waals surface area contributed by atoms with Gasteiger partial charge in [0.1, 0.15) is 6.04 Å². The van der Waals surface area contributed by atoms with Gasteiger partial charge in [0.2, 0.25) is 5.91 Å². The number of oxazole rings is 1. The normalized spacial score (nSPS) is 18.8. The number of urea groups is 2. The average Bonchev–Trinajstić information content (AvgIpc) is 3.36. The van der Waals surface area contributed by atoms with Crippen LogP contribution in [0.25, 0.3) is 11.1 Å². The van der Waals surface area contributed by atoms with E-state index >= 15 is 0 Å². The first-order chi connectivity index (χ1) is 19.4. The Hall–Kier alpha value is -4.28. The van der Waals surface area contributed by atoms with Crippen LogP contribution in [-0.4, -0.2) is 75.9 Å². The fraction of sp³-hybridized carbons (Fsp3) is 0.448. The van der Waals surface area contributed by atoms with Crippen molar-refractivity contribution < 1.29 is 18.8 Å². The molecule has 0 spiro atoms. The summed E-state index contributed by atoms with van der Waals surface area (Å²) in [6.45, 7) is 2.91. The number of aromatic nitrogens is 1. The zero-order valence-electron chi connectivity index (χ0n) is 22.4. The number of rotatable bonds is 5. The first-order valence-electron chi connectivity index (χ1n) is 14.1. The number of anilines is 1. The molecule has 1 aromatic heterocycles. The van der Waals surface area contributed by atoms with E-state index in [0.29, 0.717) is 56.7 Å². The van der Waals surface area contributed by atoms with Crippen LogP contribution in [-0.2, 0) is 17.8 Å². The molecule has 210 valence electrons. The highest BCUT2D eigenvalue weighted by molar-refractivity contribution is 5.92. The molecule has 1 unspecified atom stereocenters. The van der Waals surface area contributed by atoms with Crippen molar-refractivity contribution in [3.05, 3.63) is 64.1 Å². The molecule has 2 fully saturated rings. The molecule has 3 aliphatic heterocycles. The number of likely N-dealkylation sites (tertiary alicyclic amines) is 2. The number of H-pyrrole nitrogens is 1. The summed E-state index contributed by atoms with van der Waals surface area (Å²) in [6.07, 6.45) is 4.62. The first kappa shape index (κ1) is 26.0. The Labute approximate surface area is 231 Å². The van der Waals surface area contributed by atoms with Crippen molar-refractivity contribution in [2.45, 2.75) is 57.2 Å². The molecule has 4 heterocycles. The number of para-hydroxylation sites is 1. The number of nitrogens with one attached hydrogen (secondary N) is 3. The number of benzene rings is 2. The van der Waals surface area contributed by atoms with Gasteiger partial charge in [-0.25, -0.2) is 14.4 Å². The monoisotopic (exact) mass is 546 g/mol. The number of carbonyl (C=O) groups is 3. The summed E-state index contributed by atoms with van der Waals surface area (Å²) in [5, 5.41) is 5.98. The van der Waals surface area contributed by atoms with Crippen molar-refractivity contribution in [1.29, 1.82) is 0 Å². The SMILES string of the molecule is O=C(NC(Cc1ccc2[nH]c(=O)oc2c1)C(=O)N1CCCCC1)N1CCC(N2Cc3ccccc3NC2=O)CC1. The molecule has 6 rings (SSSR count). The second kappa shape index (κ2) is 11.1.